The fourth-order valence-electron chi connectivity index (χ4n) is 3.43. The number of hydrogen-bond acceptors (Lipinski definition) is 4. The smallest absolute Gasteiger partial charge is 0.461 e. The van der Waals surface area contributed by atoms with Gasteiger partial charge in [-0.1, -0.05) is 12.2 Å². The lowest BCUT2D eigenvalue weighted by atomic mass is 9.78. The van der Waals surface area contributed by atoms with Gasteiger partial charge in [-0.2, -0.15) is 0 Å². The van der Waals surface area contributed by atoms with Crippen molar-refractivity contribution < 1.29 is 13.7 Å². The van der Waals surface area contributed by atoms with E-state index in [1.807, 2.05) is 59.8 Å². The van der Waals surface area contributed by atoms with Crippen molar-refractivity contribution in [2.24, 2.45) is 0 Å². The van der Waals surface area contributed by atoms with Crippen LogP contribution in [0.15, 0.2) is 20.8 Å². The van der Waals surface area contributed by atoms with Crippen LogP contribution in [0.1, 0.15) is 77.0 Å². The van der Waals surface area contributed by atoms with E-state index < -0.39 is 18.3 Å². The lowest BCUT2D eigenvalue weighted by Crippen LogP contribution is -2.41. The van der Waals surface area contributed by atoms with E-state index in [0.717, 1.165) is 42.5 Å². The summed E-state index contributed by atoms with van der Waals surface area (Å²) < 4.78 is 18.4. The van der Waals surface area contributed by atoms with Crippen LogP contribution in [0.3, 0.4) is 0 Å². The van der Waals surface area contributed by atoms with Gasteiger partial charge in [-0.15, -0.1) is 0 Å². The molecule has 0 atom stereocenters. The molecule has 5 heteroatoms. The van der Waals surface area contributed by atoms with Crippen molar-refractivity contribution in [2.75, 3.05) is 0 Å². The van der Waals surface area contributed by atoms with Gasteiger partial charge in [-0.05, 0) is 72.4 Å². The van der Waals surface area contributed by atoms with Gasteiger partial charge >= 0.3 is 7.12 Å². The van der Waals surface area contributed by atoms with Gasteiger partial charge in [0.05, 0.1) is 16.8 Å². The molecular weight excluding hydrogens is 327 g/mol. The zero-order chi connectivity index (χ0) is 19.1. The summed E-state index contributed by atoms with van der Waals surface area (Å²) >= 11 is 0. The highest BCUT2D eigenvalue weighted by Gasteiger charge is 2.51. The first-order chi connectivity index (χ1) is 12.2. The average molecular weight is 356 g/mol. The Labute approximate surface area is 156 Å². The van der Waals surface area contributed by atoms with Gasteiger partial charge in [0.25, 0.3) is 0 Å². The third-order valence-corrected chi connectivity index (χ3v) is 5.75. The zero-order valence-corrected chi connectivity index (χ0v) is 16.8. The monoisotopic (exact) mass is 356 g/mol. The van der Waals surface area contributed by atoms with E-state index in [2.05, 4.69) is 0 Å². The Bertz CT molecular complexity index is 798. The maximum atomic E-state index is 12.9. The highest BCUT2D eigenvalue weighted by molar-refractivity contribution is 6.55. The molecule has 0 unspecified atom stereocenters. The van der Waals surface area contributed by atoms with Crippen LogP contribution in [-0.4, -0.2) is 18.3 Å². The second-order valence-corrected chi connectivity index (χ2v) is 8.29. The summed E-state index contributed by atoms with van der Waals surface area (Å²) in [5.41, 5.74) is 1.66. The first-order valence-electron chi connectivity index (χ1n) is 9.51. The molecule has 3 rings (SSSR count). The van der Waals surface area contributed by atoms with E-state index >= 15 is 0 Å². The van der Waals surface area contributed by atoms with Crippen molar-refractivity contribution in [2.45, 2.75) is 78.4 Å². The van der Waals surface area contributed by atoms with E-state index in [0.29, 0.717) is 11.3 Å². The summed E-state index contributed by atoms with van der Waals surface area (Å²) in [6.07, 6.45) is 9.37. The molecule has 0 spiro atoms. The lowest BCUT2D eigenvalue weighted by Gasteiger charge is -2.32. The fourth-order valence-corrected chi connectivity index (χ4v) is 3.43. The van der Waals surface area contributed by atoms with Crippen LogP contribution in [0.25, 0.3) is 12.2 Å². The van der Waals surface area contributed by atoms with Gasteiger partial charge in [0.2, 0.25) is 0 Å². The Kier molecular flexibility index (Phi) is 5.06. The van der Waals surface area contributed by atoms with Crippen LogP contribution in [-0.2, 0) is 22.2 Å². The minimum absolute atomic E-state index is 0.0945. The van der Waals surface area contributed by atoms with Crippen molar-refractivity contribution in [1.82, 2.24) is 0 Å². The van der Waals surface area contributed by atoms with Crippen LogP contribution in [0.5, 0.6) is 0 Å². The Morgan fingerprint density at radius 2 is 1.69 bits per heavy atom. The molecule has 1 saturated heterocycles. The average Bonchev–Trinajstić information content (AvgIpc) is 2.79. The number of aryl methyl sites for hydroxylation is 1. The van der Waals surface area contributed by atoms with Gasteiger partial charge in [-0.3, -0.25) is 4.79 Å². The third kappa shape index (κ3) is 3.35. The van der Waals surface area contributed by atoms with Crippen LogP contribution in [0, 0.1) is 0 Å². The topological polar surface area (TPSA) is 48.7 Å². The molecule has 1 aliphatic carbocycles. The Hall–Kier alpha value is -1.59. The van der Waals surface area contributed by atoms with Crippen molar-refractivity contribution in [1.29, 1.82) is 0 Å². The Balaban J connectivity index is 2.02. The molecule has 0 radical (unpaired) electrons. The van der Waals surface area contributed by atoms with E-state index in [9.17, 15) is 4.79 Å². The van der Waals surface area contributed by atoms with Crippen LogP contribution in [0.2, 0.25) is 0 Å². The van der Waals surface area contributed by atoms with Crippen molar-refractivity contribution in [3.05, 3.63) is 44.4 Å². The summed E-state index contributed by atoms with van der Waals surface area (Å²) in [6, 6.07) is 0. The maximum absolute atomic E-state index is 12.9. The molecule has 26 heavy (non-hydrogen) atoms. The molecule has 2 aliphatic rings. The fraction of sp³-hybridized carbons (Fsp3) is 0.571. The zero-order valence-electron chi connectivity index (χ0n) is 16.8. The predicted molar refractivity (Wildman–Crippen MR) is 106 cm³/mol. The lowest BCUT2D eigenvalue weighted by molar-refractivity contribution is 0.00578. The number of fused-ring (bicyclic) bond motifs is 1. The highest BCUT2D eigenvalue weighted by atomic mass is 16.7. The highest BCUT2D eigenvalue weighted by Crippen LogP contribution is 2.38. The first-order valence-corrected chi connectivity index (χ1v) is 9.51. The van der Waals surface area contributed by atoms with Crippen LogP contribution >= 0.6 is 0 Å². The first kappa shape index (κ1) is 19.2. The van der Waals surface area contributed by atoms with Crippen molar-refractivity contribution >= 4 is 19.3 Å². The number of hydrogen-bond donors (Lipinski definition) is 0. The molecular formula is C21H29BO4. The third-order valence-electron chi connectivity index (χ3n) is 5.75. The summed E-state index contributed by atoms with van der Waals surface area (Å²) in [4.78, 5) is 12.9. The van der Waals surface area contributed by atoms with Crippen molar-refractivity contribution in [3.63, 3.8) is 0 Å². The minimum atomic E-state index is -0.445. The van der Waals surface area contributed by atoms with E-state index in [1.165, 1.54) is 0 Å². The molecule has 0 aromatic carbocycles. The van der Waals surface area contributed by atoms with Crippen LogP contribution < -0.4 is 5.43 Å². The molecule has 1 aliphatic heterocycles. The van der Waals surface area contributed by atoms with Gasteiger partial charge < -0.3 is 13.7 Å². The second-order valence-electron chi connectivity index (χ2n) is 8.29. The van der Waals surface area contributed by atoms with Gasteiger partial charge in [0.1, 0.15) is 11.5 Å². The quantitative estimate of drug-likeness (QED) is 0.744. The minimum Gasteiger partial charge on any atom is -0.461 e. The molecule has 1 aromatic heterocycles. The molecule has 0 amide bonds. The van der Waals surface area contributed by atoms with E-state index in [1.54, 1.807) is 0 Å². The molecule has 0 bridgehead atoms. The summed E-state index contributed by atoms with van der Waals surface area (Å²) in [5, 5.41) is 0. The second kappa shape index (κ2) is 6.86. The van der Waals surface area contributed by atoms with Gasteiger partial charge in [0, 0.05) is 12.0 Å². The van der Waals surface area contributed by atoms with Crippen molar-refractivity contribution in [3.8, 4) is 0 Å². The number of rotatable bonds is 3. The van der Waals surface area contributed by atoms with E-state index in [-0.39, 0.29) is 5.43 Å². The molecule has 1 fully saturated rings. The molecule has 0 saturated carbocycles. The standard InChI is InChI=1S/C21H29BO4/c1-7-10-15-18(24-17-12-9-8-11-16(17)19(15)23)13-14(2)22-25-20(3,4)21(5,6)26-22/h7,10,13H,8-9,11-12H2,1-6H3/b10-7-,14-13+. The molecule has 0 N–H and O–H groups in total. The predicted octanol–water partition coefficient (Wildman–Crippen LogP) is 4.59. The molecule has 2 heterocycles. The molecule has 4 nitrogen and oxygen atoms in total. The Morgan fingerprint density at radius 3 is 2.31 bits per heavy atom. The molecule has 1 aromatic rings. The van der Waals surface area contributed by atoms with Gasteiger partial charge in [0.15, 0.2) is 5.43 Å². The SMILES string of the molecule is C/C=C\c1c(/C=C(\C)B2OC(C)(C)C(C)(C)O2)oc2c(c1=O)CCCC2. The number of allylic oxidation sites excluding steroid dienone is 2. The summed E-state index contributed by atoms with van der Waals surface area (Å²) in [5.74, 6) is 1.43. The van der Waals surface area contributed by atoms with E-state index in [4.69, 9.17) is 13.7 Å². The summed E-state index contributed by atoms with van der Waals surface area (Å²) in [7, 11) is -0.445. The van der Waals surface area contributed by atoms with Gasteiger partial charge in [-0.25, -0.2) is 0 Å². The Morgan fingerprint density at radius 1 is 1.08 bits per heavy atom. The largest absolute Gasteiger partial charge is 0.490 e. The van der Waals surface area contributed by atoms with Crippen LogP contribution in [0.4, 0.5) is 0 Å². The maximum Gasteiger partial charge on any atom is 0.490 e. The summed E-state index contributed by atoms with van der Waals surface area (Å²) in [6.45, 7) is 12.0. The molecule has 140 valence electrons. The normalized spacial score (nSPS) is 22.1.